The number of carbonyl (C=O) groups excluding carboxylic acids is 2. The molecular weight excluding hydrogens is 392 g/mol. The number of nitrogens with zero attached hydrogens (tertiary/aromatic N) is 1. The summed E-state index contributed by atoms with van der Waals surface area (Å²) in [5.41, 5.74) is 0.860. The Morgan fingerprint density at radius 2 is 2.00 bits per heavy atom. The number of carbonyl (C=O) groups is 2. The first kappa shape index (κ1) is 23.5. The first-order chi connectivity index (χ1) is 14.8. The molecule has 0 spiro atoms. The predicted molar refractivity (Wildman–Crippen MR) is 120 cm³/mol. The zero-order chi connectivity index (χ0) is 22.6. The summed E-state index contributed by atoms with van der Waals surface area (Å²) >= 11 is 0. The van der Waals surface area contributed by atoms with Crippen molar-refractivity contribution in [3.8, 4) is 0 Å². The van der Waals surface area contributed by atoms with Crippen LogP contribution in [0, 0.1) is 29.1 Å². The Kier molecular flexibility index (Phi) is 7.57. The van der Waals surface area contributed by atoms with Gasteiger partial charge >= 0.3 is 6.03 Å². The van der Waals surface area contributed by atoms with E-state index in [9.17, 15) is 14.7 Å². The van der Waals surface area contributed by atoms with E-state index in [4.69, 9.17) is 0 Å². The van der Waals surface area contributed by atoms with Crippen LogP contribution in [-0.2, 0) is 11.3 Å². The number of rotatable bonds is 6. The van der Waals surface area contributed by atoms with Gasteiger partial charge in [-0.05, 0) is 67.9 Å². The molecule has 1 heterocycles. The van der Waals surface area contributed by atoms with Crippen molar-refractivity contribution in [3.05, 3.63) is 30.1 Å². The van der Waals surface area contributed by atoms with Crippen molar-refractivity contribution in [2.75, 3.05) is 6.54 Å². The van der Waals surface area contributed by atoms with Crippen LogP contribution in [0.1, 0.15) is 59.1 Å². The topological polar surface area (TPSA) is 103 Å². The molecule has 2 aliphatic rings. The summed E-state index contributed by atoms with van der Waals surface area (Å²) in [5.74, 6) is -0.223. The van der Waals surface area contributed by atoms with Gasteiger partial charge in [0.15, 0.2) is 0 Å². The number of pyridine rings is 1. The first-order valence-corrected chi connectivity index (χ1v) is 11.7. The van der Waals surface area contributed by atoms with Crippen LogP contribution in [0.5, 0.6) is 0 Å². The summed E-state index contributed by atoms with van der Waals surface area (Å²) in [5, 5.41) is 20.3. The number of hydrogen-bond donors (Lipinski definition) is 4. The van der Waals surface area contributed by atoms with Crippen LogP contribution < -0.4 is 16.0 Å². The average molecular weight is 431 g/mol. The van der Waals surface area contributed by atoms with Crippen LogP contribution in [0.3, 0.4) is 0 Å². The van der Waals surface area contributed by atoms with Gasteiger partial charge in [-0.25, -0.2) is 4.79 Å². The van der Waals surface area contributed by atoms with Gasteiger partial charge in [0.1, 0.15) is 0 Å². The van der Waals surface area contributed by atoms with Gasteiger partial charge in [-0.1, -0.05) is 26.8 Å². The SMILES string of the molecule is CCNC(=O)N[C@@H]1CC[C@@]2(C)CC[C@H]([C@H](C)C(=O)NCc3ccccn3)[C@H](O)[C@H]2[C@@H]1C. The largest absolute Gasteiger partial charge is 0.392 e. The Hall–Kier alpha value is -2.15. The highest BCUT2D eigenvalue weighted by molar-refractivity contribution is 5.78. The Bertz CT molecular complexity index is 758. The van der Waals surface area contributed by atoms with Crippen molar-refractivity contribution in [1.82, 2.24) is 20.9 Å². The highest BCUT2D eigenvalue weighted by atomic mass is 16.3. The highest BCUT2D eigenvalue weighted by Crippen LogP contribution is 2.55. The number of aliphatic hydroxyl groups is 1. The number of nitrogens with one attached hydrogen (secondary N) is 3. The molecule has 31 heavy (non-hydrogen) atoms. The lowest BCUT2D eigenvalue weighted by Gasteiger charge is -2.56. The normalized spacial score (nSPS) is 33.6. The number of aliphatic hydroxyl groups excluding tert-OH is 1. The van der Waals surface area contributed by atoms with Crippen LogP contribution in [0.25, 0.3) is 0 Å². The summed E-state index contributed by atoms with van der Waals surface area (Å²) in [4.78, 5) is 29.2. The van der Waals surface area contributed by atoms with Crippen LogP contribution >= 0.6 is 0 Å². The molecule has 0 radical (unpaired) electrons. The van der Waals surface area contributed by atoms with Gasteiger partial charge < -0.3 is 21.1 Å². The van der Waals surface area contributed by atoms with Crippen molar-refractivity contribution < 1.29 is 14.7 Å². The van der Waals surface area contributed by atoms with Gasteiger partial charge in [-0.2, -0.15) is 0 Å². The second-order valence-electron chi connectivity index (χ2n) is 9.71. The van der Waals surface area contributed by atoms with E-state index >= 15 is 0 Å². The van der Waals surface area contributed by atoms with E-state index < -0.39 is 6.10 Å². The lowest BCUT2D eigenvalue weighted by molar-refractivity contribution is -0.142. The lowest BCUT2D eigenvalue weighted by Crippen LogP contribution is -2.59. The highest BCUT2D eigenvalue weighted by Gasteiger charge is 2.53. The van der Waals surface area contributed by atoms with Crippen LogP contribution in [0.2, 0.25) is 0 Å². The van der Waals surface area contributed by atoms with Gasteiger partial charge in [0.05, 0.1) is 18.3 Å². The minimum Gasteiger partial charge on any atom is -0.392 e. The number of aromatic nitrogens is 1. The Morgan fingerprint density at radius 3 is 2.68 bits per heavy atom. The molecule has 7 heteroatoms. The summed E-state index contributed by atoms with van der Waals surface area (Å²) in [6.07, 6.45) is 4.88. The molecule has 4 N–H and O–H groups in total. The molecule has 172 valence electrons. The second-order valence-corrected chi connectivity index (χ2v) is 9.71. The standard InChI is InChI=1S/C24H38N4O3/c1-5-25-23(31)28-19-10-12-24(4)11-9-18(21(29)20(24)16(19)3)15(2)22(30)27-14-17-8-6-7-13-26-17/h6-8,13,15-16,18-21,29H,5,9-12,14H2,1-4H3,(H,27,30)(H2,25,28,31)/t15-,16+,18+,19+,20+,21-,24+/m0/s1. The Labute approximate surface area is 185 Å². The maximum absolute atomic E-state index is 12.8. The van der Waals surface area contributed by atoms with Gasteiger partial charge in [0.25, 0.3) is 0 Å². The summed E-state index contributed by atoms with van der Waals surface area (Å²) in [7, 11) is 0. The molecule has 0 bridgehead atoms. The smallest absolute Gasteiger partial charge is 0.315 e. The van der Waals surface area contributed by atoms with E-state index in [-0.39, 0.29) is 47.1 Å². The number of amides is 3. The fraction of sp³-hybridized carbons (Fsp3) is 0.708. The first-order valence-electron chi connectivity index (χ1n) is 11.7. The predicted octanol–water partition coefficient (Wildman–Crippen LogP) is 2.84. The van der Waals surface area contributed by atoms with E-state index in [1.165, 1.54) is 0 Å². The van der Waals surface area contributed by atoms with Crippen molar-refractivity contribution in [3.63, 3.8) is 0 Å². The van der Waals surface area contributed by atoms with Gasteiger partial charge in [-0.15, -0.1) is 0 Å². The maximum atomic E-state index is 12.8. The third-order valence-electron chi connectivity index (χ3n) is 7.77. The Morgan fingerprint density at radius 1 is 1.26 bits per heavy atom. The third kappa shape index (κ3) is 5.20. The zero-order valence-electron chi connectivity index (χ0n) is 19.2. The minimum atomic E-state index is -0.566. The van der Waals surface area contributed by atoms with E-state index in [0.29, 0.717) is 13.1 Å². The Balaban J connectivity index is 1.66. The molecule has 0 saturated heterocycles. The molecule has 7 nitrogen and oxygen atoms in total. The van der Waals surface area contributed by atoms with Crippen LogP contribution in [0.15, 0.2) is 24.4 Å². The van der Waals surface area contributed by atoms with Crippen LogP contribution in [-0.4, -0.2) is 40.7 Å². The second kappa shape index (κ2) is 9.98. The zero-order valence-corrected chi connectivity index (χ0v) is 19.2. The molecule has 3 rings (SSSR count). The molecule has 7 atom stereocenters. The average Bonchev–Trinajstić information content (AvgIpc) is 2.75. The van der Waals surface area contributed by atoms with E-state index in [0.717, 1.165) is 31.4 Å². The molecule has 2 fully saturated rings. The summed E-state index contributed by atoms with van der Waals surface area (Å²) in [6, 6.07) is 5.53. The molecule has 2 saturated carbocycles. The fourth-order valence-corrected chi connectivity index (χ4v) is 5.91. The van der Waals surface area contributed by atoms with Crippen molar-refractivity contribution in [2.24, 2.45) is 29.1 Å². The monoisotopic (exact) mass is 430 g/mol. The molecule has 1 aromatic heterocycles. The number of fused-ring (bicyclic) bond motifs is 1. The molecule has 2 aliphatic carbocycles. The lowest BCUT2D eigenvalue weighted by atomic mass is 9.52. The van der Waals surface area contributed by atoms with Crippen LogP contribution in [0.4, 0.5) is 4.79 Å². The van der Waals surface area contributed by atoms with Gasteiger partial charge in [0.2, 0.25) is 5.91 Å². The van der Waals surface area contributed by atoms with E-state index in [2.05, 4.69) is 34.8 Å². The minimum absolute atomic E-state index is 0.0336. The third-order valence-corrected chi connectivity index (χ3v) is 7.77. The van der Waals surface area contributed by atoms with Crippen molar-refractivity contribution in [1.29, 1.82) is 0 Å². The fourth-order valence-electron chi connectivity index (χ4n) is 5.91. The number of urea groups is 1. The maximum Gasteiger partial charge on any atom is 0.315 e. The quantitative estimate of drug-likeness (QED) is 0.557. The molecule has 0 aliphatic heterocycles. The summed E-state index contributed by atoms with van der Waals surface area (Å²) in [6.45, 7) is 9.20. The van der Waals surface area contributed by atoms with Crippen molar-refractivity contribution >= 4 is 11.9 Å². The summed E-state index contributed by atoms with van der Waals surface area (Å²) < 4.78 is 0. The van der Waals surface area contributed by atoms with E-state index in [1.807, 2.05) is 32.0 Å². The van der Waals surface area contributed by atoms with E-state index in [1.54, 1.807) is 6.20 Å². The molecule has 0 aromatic carbocycles. The molecular formula is C24H38N4O3. The molecule has 0 unspecified atom stereocenters. The van der Waals surface area contributed by atoms with Crippen molar-refractivity contribution in [2.45, 2.75) is 72.1 Å². The molecule has 1 aromatic rings. The molecule has 3 amide bonds. The van der Waals surface area contributed by atoms with Gasteiger partial charge in [-0.3, -0.25) is 9.78 Å². The van der Waals surface area contributed by atoms with Gasteiger partial charge in [0, 0.05) is 24.7 Å². The number of hydrogen-bond acceptors (Lipinski definition) is 4.